The molecule has 0 radical (unpaired) electrons. The first kappa shape index (κ1) is 24.9. The van der Waals surface area contributed by atoms with Gasteiger partial charge in [-0.3, -0.25) is 9.69 Å². The second-order valence-corrected chi connectivity index (χ2v) is 12.5. The summed E-state index contributed by atoms with van der Waals surface area (Å²) in [5.41, 5.74) is 0.00181. The minimum atomic E-state index is -4.40. The average Bonchev–Trinajstić information content (AvgIpc) is 3.51. The van der Waals surface area contributed by atoms with E-state index in [1.54, 1.807) is 11.0 Å². The zero-order valence-electron chi connectivity index (χ0n) is 20.5. The summed E-state index contributed by atoms with van der Waals surface area (Å²) in [6.45, 7) is 1.76. The molecule has 1 aromatic carbocycles. The van der Waals surface area contributed by atoms with Crippen LogP contribution in [-0.2, 0) is 28.3 Å². The Labute approximate surface area is 214 Å². The average molecular weight is 537 g/mol. The zero-order chi connectivity index (χ0) is 26.0. The standard InChI is InChI=1S/C26H31F3N4O3S/c27-26(28,29)23-11-10-22-25(33(17-16-32(22)23)20-2-1-3-20)12-14-31(15-13-25)24(34)18-4-8-21(9-5-18)37(35,36)30-19-6-7-19/h4-5,8-11,19-20,30H,1-3,6-7,12-17H2. The van der Waals surface area contributed by atoms with Gasteiger partial charge in [0.1, 0.15) is 5.69 Å². The number of piperidine rings is 1. The van der Waals surface area contributed by atoms with E-state index in [9.17, 15) is 26.4 Å². The van der Waals surface area contributed by atoms with Crippen molar-refractivity contribution in [3.8, 4) is 0 Å². The van der Waals surface area contributed by atoms with Crippen molar-refractivity contribution in [2.45, 2.75) is 80.2 Å². The van der Waals surface area contributed by atoms with E-state index in [2.05, 4.69) is 9.62 Å². The molecule has 4 aliphatic rings. The summed E-state index contributed by atoms with van der Waals surface area (Å²) >= 11 is 0. The van der Waals surface area contributed by atoms with Crippen LogP contribution in [0.4, 0.5) is 13.2 Å². The van der Waals surface area contributed by atoms with Gasteiger partial charge in [-0.25, -0.2) is 13.1 Å². The van der Waals surface area contributed by atoms with E-state index < -0.39 is 27.4 Å². The molecule has 1 spiro atoms. The molecule has 2 aromatic rings. The second kappa shape index (κ2) is 8.84. The van der Waals surface area contributed by atoms with E-state index in [-0.39, 0.29) is 16.8 Å². The number of hydrogen-bond donors (Lipinski definition) is 1. The van der Waals surface area contributed by atoms with E-state index in [4.69, 9.17) is 0 Å². The highest BCUT2D eigenvalue weighted by Crippen LogP contribution is 2.48. The van der Waals surface area contributed by atoms with Crippen molar-refractivity contribution in [2.24, 2.45) is 0 Å². The number of carbonyl (C=O) groups is 1. The molecular weight excluding hydrogens is 505 g/mol. The Morgan fingerprint density at radius 3 is 2.16 bits per heavy atom. The number of halogens is 3. The van der Waals surface area contributed by atoms with Crippen LogP contribution >= 0.6 is 0 Å². The normalized spacial score (nSPS) is 22.6. The second-order valence-electron chi connectivity index (χ2n) is 10.8. The van der Waals surface area contributed by atoms with Crippen molar-refractivity contribution in [3.63, 3.8) is 0 Å². The van der Waals surface area contributed by atoms with Crippen LogP contribution in [0.2, 0.25) is 0 Å². The lowest BCUT2D eigenvalue weighted by Crippen LogP contribution is -2.62. The van der Waals surface area contributed by atoms with E-state index in [1.165, 1.54) is 34.9 Å². The fraction of sp³-hybridized carbons (Fsp3) is 0.577. The van der Waals surface area contributed by atoms with Gasteiger partial charge in [0.25, 0.3) is 5.91 Å². The molecule has 2 saturated carbocycles. The predicted octanol–water partition coefficient (Wildman–Crippen LogP) is 3.95. The summed E-state index contributed by atoms with van der Waals surface area (Å²) in [5.74, 6) is -0.189. The number of fused-ring (bicyclic) bond motifs is 2. The highest BCUT2D eigenvalue weighted by Gasteiger charge is 2.51. The molecule has 0 unspecified atom stereocenters. The number of alkyl halides is 3. The van der Waals surface area contributed by atoms with Crippen LogP contribution < -0.4 is 4.72 Å². The van der Waals surface area contributed by atoms with E-state index in [1.807, 2.05) is 0 Å². The number of nitrogens with one attached hydrogen (secondary N) is 1. The minimum absolute atomic E-state index is 0.000384. The molecule has 1 N–H and O–H groups in total. The first-order valence-electron chi connectivity index (χ1n) is 13.0. The Morgan fingerprint density at radius 2 is 1.59 bits per heavy atom. The molecule has 0 atom stereocenters. The first-order chi connectivity index (χ1) is 17.6. The Hall–Kier alpha value is -2.37. The number of nitrogens with zero attached hydrogens (tertiary/aromatic N) is 3. The number of rotatable bonds is 5. The van der Waals surface area contributed by atoms with Crippen molar-refractivity contribution in [1.82, 2.24) is 19.1 Å². The minimum Gasteiger partial charge on any atom is -0.338 e. The van der Waals surface area contributed by atoms with Crippen LogP contribution in [0.25, 0.3) is 0 Å². The van der Waals surface area contributed by atoms with Gasteiger partial charge >= 0.3 is 6.18 Å². The van der Waals surface area contributed by atoms with Crippen molar-refractivity contribution >= 4 is 15.9 Å². The predicted molar refractivity (Wildman–Crippen MR) is 130 cm³/mol. The van der Waals surface area contributed by atoms with E-state index in [0.717, 1.165) is 32.1 Å². The number of hydrogen-bond acceptors (Lipinski definition) is 4. The molecule has 1 amide bonds. The number of carbonyl (C=O) groups excluding carboxylic acids is 1. The first-order valence-corrected chi connectivity index (χ1v) is 14.5. The van der Waals surface area contributed by atoms with Crippen LogP contribution in [-0.4, -0.2) is 60.4 Å². The Bertz CT molecular complexity index is 1290. The number of likely N-dealkylation sites (tertiary alicyclic amines) is 1. The Morgan fingerprint density at radius 1 is 0.919 bits per heavy atom. The maximum atomic E-state index is 13.7. The monoisotopic (exact) mass is 536 g/mol. The van der Waals surface area contributed by atoms with Gasteiger partial charge < -0.3 is 9.47 Å². The maximum absolute atomic E-state index is 13.7. The van der Waals surface area contributed by atoms with Crippen LogP contribution in [0.1, 0.15) is 66.7 Å². The summed E-state index contributed by atoms with van der Waals surface area (Å²) in [4.78, 5) is 17.6. The molecule has 1 aromatic heterocycles. The fourth-order valence-electron chi connectivity index (χ4n) is 6.23. The zero-order valence-corrected chi connectivity index (χ0v) is 21.3. The lowest BCUT2D eigenvalue weighted by atomic mass is 9.77. The van der Waals surface area contributed by atoms with Gasteiger partial charge in [-0.05, 0) is 74.9 Å². The van der Waals surface area contributed by atoms with Crippen molar-refractivity contribution < 1.29 is 26.4 Å². The highest BCUT2D eigenvalue weighted by atomic mass is 32.2. The number of aromatic nitrogens is 1. The smallest absolute Gasteiger partial charge is 0.338 e. The third kappa shape index (κ3) is 4.38. The van der Waals surface area contributed by atoms with Crippen LogP contribution in [0.3, 0.4) is 0 Å². The van der Waals surface area contributed by atoms with Crippen molar-refractivity contribution in [2.75, 3.05) is 19.6 Å². The van der Waals surface area contributed by atoms with Crippen molar-refractivity contribution in [1.29, 1.82) is 0 Å². The third-order valence-corrected chi connectivity index (χ3v) is 10.1. The molecule has 2 aliphatic heterocycles. The van der Waals surface area contributed by atoms with E-state index >= 15 is 0 Å². The molecule has 1 saturated heterocycles. The molecule has 3 heterocycles. The SMILES string of the molecule is O=C(c1ccc(S(=O)(=O)NC2CC2)cc1)N1CCC2(CC1)c1ccc(C(F)(F)F)n1CCN2C1CCC1. The van der Waals surface area contributed by atoms with Gasteiger partial charge in [-0.2, -0.15) is 13.2 Å². The molecule has 3 fully saturated rings. The van der Waals surface area contributed by atoms with E-state index in [0.29, 0.717) is 56.3 Å². The van der Waals surface area contributed by atoms with Crippen molar-refractivity contribution in [3.05, 3.63) is 53.3 Å². The Kier molecular flexibility index (Phi) is 5.96. The van der Waals surface area contributed by atoms with Gasteiger partial charge in [0.2, 0.25) is 10.0 Å². The molecule has 2 aliphatic carbocycles. The molecule has 200 valence electrons. The van der Waals surface area contributed by atoms with Crippen LogP contribution in [0.5, 0.6) is 0 Å². The lowest BCUT2D eigenvalue weighted by molar-refractivity contribution is -0.145. The fourth-order valence-corrected chi connectivity index (χ4v) is 7.54. The summed E-state index contributed by atoms with van der Waals surface area (Å²) in [6.07, 6.45) is 1.66. The van der Waals surface area contributed by atoms with Crippen LogP contribution in [0, 0.1) is 0 Å². The summed E-state index contributed by atoms with van der Waals surface area (Å²) in [5, 5.41) is 0. The van der Waals surface area contributed by atoms with Gasteiger partial charge in [0, 0.05) is 49.5 Å². The molecule has 6 rings (SSSR count). The summed E-state index contributed by atoms with van der Waals surface area (Å²) in [7, 11) is -3.59. The molecular formula is C26H31F3N4O3S. The summed E-state index contributed by atoms with van der Waals surface area (Å²) < 4.78 is 70.0. The molecule has 11 heteroatoms. The van der Waals surface area contributed by atoms with Gasteiger partial charge in [0.05, 0.1) is 10.4 Å². The third-order valence-electron chi connectivity index (χ3n) is 8.57. The number of amides is 1. The molecule has 37 heavy (non-hydrogen) atoms. The number of sulfonamides is 1. The topological polar surface area (TPSA) is 74.6 Å². The number of benzene rings is 1. The summed E-state index contributed by atoms with van der Waals surface area (Å²) in [6, 6.07) is 9.19. The van der Waals surface area contributed by atoms with Gasteiger partial charge in [-0.1, -0.05) is 6.42 Å². The van der Waals surface area contributed by atoms with Gasteiger partial charge in [0.15, 0.2) is 0 Å². The van der Waals surface area contributed by atoms with Crippen LogP contribution in [0.15, 0.2) is 41.3 Å². The molecule has 7 nitrogen and oxygen atoms in total. The highest BCUT2D eigenvalue weighted by molar-refractivity contribution is 7.89. The largest absolute Gasteiger partial charge is 0.431 e. The van der Waals surface area contributed by atoms with Gasteiger partial charge in [-0.15, -0.1) is 0 Å². The molecule has 0 bridgehead atoms. The lowest BCUT2D eigenvalue weighted by Gasteiger charge is -2.56. The quantitative estimate of drug-likeness (QED) is 0.628. The maximum Gasteiger partial charge on any atom is 0.431 e. The Balaban J connectivity index is 1.21.